The Morgan fingerprint density at radius 1 is 1.25 bits per heavy atom. The molecule has 7 rings (SSSR count). The fourth-order valence-electron chi connectivity index (χ4n) is 5.38. The van der Waals surface area contributed by atoms with Crippen LogP contribution >= 0.6 is 11.6 Å². The van der Waals surface area contributed by atoms with Gasteiger partial charge in [-0.05, 0) is 56.0 Å². The molecule has 3 saturated carbocycles. The van der Waals surface area contributed by atoms with E-state index in [-0.39, 0.29) is 23.4 Å². The third kappa shape index (κ3) is 3.03. The smallest absolute Gasteiger partial charge is 0.261 e. The molecule has 3 fully saturated rings. The first kappa shape index (κ1) is 19.8. The SMILES string of the molecule is Cc1ccc(-c2cnn(C34CC(NC(=O)[C@H]5C[C@@H](O)c6cc(Cl)ccc6O5)(C3)C4)c2)nc1. The second-order valence-electron chi connectivity index (χ2n) is 9.46. The molecule has 1 aliphatic heterocycles. The van der Waals surface area contributed by atoms with Crippen molar-refractivity contribution in [3.8, 4) is 17.0 Å². The Morgan fingerprint density at radius 2 is 2.06 bits per heavy atom. The van der Waals surface area contributed by atoms with Gasteiger partial charge < -0.3 is 15.2 Å². The minimum Gasteiger partial charge on any atom is -0.480 e. The zero-order valence-electron chi connectivity index (χ0n) is 17.6. The highest BCUT2D eigenvalue weighted by molar-refractivity contribution is 6.30. The zero-order chi connectivity index (χ0) is 22.1. The number of carbonyl (C=O) groups excluding carboxylic acids is 1. The van der Waals surface area contributed by atoms with Gasteiger partial charge in [-0.2, -0.15) is 5.10 Å². The number of ether oxygens (including phenoxy) is 1. The van der Waals surface area contributed by atoms with Crippen molar-refractivity contribution in [2.75, 3.05) is 0 Å². The molecule has 0 radical (unpaired) electrons. The van der Waals surface area contributed by atoms with E-state index in [0.717, 1.165) is 36.1 Å². The van der Waals surface area contributed by atoms with Gasteiger partial charge in [0.2, 0.25) is 0 Å². The molecule has 4 aliphatic rings. The van der Waals surface area contributed by atoms with Crippen LogP contribution in [0.2, 0.25) is 5.02 Å². The molecule has 32 heavy (non-hydrogen) atoms. The molecule has 3 aromatic rings. The van der Waals surface area contributed by atoms with Crippen LogP contribution in [-0.4, -0.2) is 37.4 Å². The molecule has 0 saturated heterocycles. The summed E-state index contributed by atoms with van der Waals surface area (Å²) in [5.74, 6) is 0.333. The number of hydrogen-bond donors (Lipinski definition) is 2. The van der Waals surface area contributed by atoms with Crippen LogP contribution in [0.1, 0.15) is 42.9 Å². The van der Waals surface area contributed by atoms with Crippen LogP contribution in [0.25, 0.3) is 11.3 Å². The van der Waals surface area contributed by atoms with Crippen LogP contribution in [-0.2, 0) is 10.3 Å². The first-order valence-corrected chi connectivity index (χ1v) is 11.2. The highest BCUT2D eigenvalue weighted by Crippen LogP contribution is 2.65. The number of carbonyl (C=O) groups is 1. The van der Waals surface area contributed by atoms with E-state index in [1.54, 1.807) is 18.2 Å². The summed E-state index contributed by atoms with van der Waals surface area (Å²) in [5, 5.41) is 18.7. The van der Waals surface area contributed by atoms with Gasteiger partial charge in [0.1, 0.15) is 5.75 Å². The van der Waals surface area contributed by atoms with Gasteiger partial charge in [-0.1, -0.05) is 17.7 Å². The Labute approximate surface area is 190 Å². The number of aliphatic hydroxyl groups excluding tert-OH is 1. The molecule has 3 heterocycles. The molecule has 2 aromatic heterocycles. The van der Waals surface area contributed by atoms with E-state index in [1.165, 1.54) is 0 Å². The monoisotopic (exact) mass is 450 g/mol. The van der Waals surface area contributed by atoms with Gasteiger partial charge >= 0.3 is 0 Å². The molecule has 2 N–H and O–H groups in total. The summed E-state index contributed by atoms with van der Waals surface area (Å²) in [6.45, 7) is 2.02. The molecular weight excluding hydrogens is 428 g/mol. The van der Waals surface area contributed by atoms with Crippen LogP contribution < -0.4 is 10.1 Å². The molecule has 0 unspecified atom stereocenters. The number of pyridine rings is 1. The fraction of sp³-hybridized carbons (Fsp3) is 0.375. The number of nitrogens with one attached hydrogen (secondary N) is 1. The van der Waals surface area contributed by atoms with Crippen molar-refractivity contribution in [2.45, 2.75) is 55.9 Å². The summed E-state index contributed by atoms with van der Waals surface area (Å²) in [6.07, 6.45) is 7.01. The predicted molar refractivity (Wildman–Crippen MR) is 118 cm³/mol. The van der Waals surface area contributed by atoms with Crippen LogP contribution in [0.3, 0.4) is 0 Å². The molecule has 0 spiro atoms. The number of aryl methyl sites for hydroxylation is 1. The summed E-state index contributed by atoms with van der Waals surface area (Å²) >= 11 is 6.01. The number of fused-ring (bicyclic) bond motifs is 1. The molecule has 1 amide bonds. The second kappa shape index (κ2) is 6.80. The van der Waals surface area contributed by atoms with E-state index in [0.29, 0.717) is 16.3 Å². The summed E-state index contributed by atoms with van der Waals surface area (Å²) in [6, 6.07) is 9.13. The van der Waals surface area contributed by atoms with Crippen LogP contribution in [0.15, 0.2) is 48.9 Å². The maximum absolute atomic E-state index is 12.9. The lowest BCUT2D eigenvalue weighted by Crippen LogP contribution is -2.79. The lowest BCUT2D eigenvalue weighted by Gasteiger charge is -2.70. The summed E-state index contributed by atoms with van der Waals surface area (Å²) in [4.78, 5) is 17.4. The Balaban J connectivity index is 1.10. The van der Waals surface area contributed by atoms with E-state index in [1.807, 2.05) is 42.3 Å². The second-order valence-corrected chi connectivity index (χ2v) is 9.90. The van der Waals surface area contributed by atoms with Gasteiger partial charge in [0.15, 0.2) is 6.10 Å². The predicted octanol–water partition coefficient (Wildman–Crippen LogP) is 3.54. The number of rotatable bonds is 4. The summed E-state index contributed by atoms with van der Waals surface area (Å²) in [7, 11) is 0. The quantitative estimate of drug-likeness (QED) is 0.634. The van der Waals surface area contributed by atoms with Gasteiger partial charge in [0.05, 0.1) is 23.5 Å². The number of nitrogens with zero attached hydrogens (tertiary/aromatic N) is 3. The Bertz CT molecular complexity index is 1200. The molecule has 7 nitrogen and oxygen atoms in total. The van der Waals surface area contributed by atoms with E-state index >= 15 is 0 Å². The van der Waals surface area contributed by atoms with Crippen molar-refractivity contribution >= 4 is 17.5 Å². The molecule has 8 heteroatoms. The van der Waals surface area contributed by atoms with Gasteiger partial charge in [0, 0.05) is 40.5 Å². The molecular formula is C24H23ClN4O3. The first-order chi connectivity index (χ1) is 15.3. The fourth-order valence-corrected chi connectivity index (χ4v) is 5.56. The van der Waals surface area contributed by atoms with Crippen molar-refractivity contribution in [1.82, 2.24) is 20.1 Å². The highest BCUT2D eigenvalue weighted by Gasteiger charge is 2.70. The normalized spacial score (nSPS) is 29.8. The largest absolute Gasteiger partial charge is 0.480 e. The third-order valence-corrected chi connectivity index (χ3v) is 7.23. The highest BCUT2D eigenvalue weighted by atomic mass is 35.5. The van der Waals surface area contributed by atoms with Crippen LogP contribution in [0.5, 0.6) is 5.75 Å². The zero-order valence-corrected chi connectivity index (χ0v) is 18.3. The van der Waals surface area contributed by atoms with Crippen molar-refractivity contribution in [1.29, 1.82) is 0 Å². The lowest BCUT2D eigenvalue weighted by atomic mass is 9.44. The summed E-state index contributed by atoms with van der Waals surface area (Å²) < 4.78 is 7.89. The number of aromatic nitrogens is 3. The third-order valence-electron chi connectivity index (χ3n) is 7.00. The maximum atomic E-state index is 12.9. The van der Waals surface area contributed by atoms with Gasteiger partial charge in [-0.3, -0.25) is 14.5 Å². The van der Waals surface area contributed by atoms with Gasteiger partial charge in [-0.15, -0.1) is 0 Å². The van der Waals surface area contributed by atoms with Crippen LogP contribution in [0, 0.1) is 6.92 Å². The Kier molecular flexibility index (Phi) is 4.20. The number of amides is 1. The molecule has 2 bridgehead atoms. The number of aliphatic hydroxyl groups is 1. The van der Waals surface area contributed by atoms with E-state index in [9.17, 15) is 9.90 Å². The van der Waals surface area contributed by atoms with Crippen molar-refractivity contribution < 1.29 is 14.6 Å². The van der Waals surface area contributed by atoms with E-state index in [2.05, 4.69) is 15.4 Å². The lowest BCUT2D eigenvalue weighted by molar-refractivity contribution is -0.164. The van der Waals surface area contributed by atoms with Crippen molar-refractivity contribution in [3.05, 3.63) is 65.1 Å². The number of halogens is 1. The maximum Gasteiger partial charge on any atom is 0.261 e. The Hall–Kier alpha value is -2.90. The standard InChI is InChI=1S/C24H23ClN4O3/c1-14-2-4-18(26-8-14)15-9-27-29(10-15)24-11-23(12-24,13-24)28-22(31)21-7-19(30)17-6-16(25)3-5-20(17)32-21/h2-6,8-10,19,21,30H,7,11-13H2,1H3,(H,28,31)/t19-,21-,23?,24?/m1/s1. The van der Waals surface area contributed by atoms with Crippen molar-refractivity contribution in [3.63, 3.8) is 0 Å². The molecule has 164 valence electrons. The van der Waals surface area contributed by atoms with Crippen molar-refractivity contribution in [2.24, 2.45) is 0 Å². The number of hydrogen-bond acceptors (Lipinski definition) is 5. The molecule has 2 atom stereocenters. The Morgan fingerprint density at radius 3 is 2.81 bits per heavy atom. The van der Waals surface area contributed by atoms with E-state index in [4.69, 9.17) is 16.3 Å². The van der Waals surface area contributed by atoms with Gasteiger partial charge in [0.25, 0.3) is 5.91 Å². The number of benzene rings is 1. The van der Waals surface area contributed by atoms with Crippen LogP contribution in [0.4, 0.5) is 0 Å². The average Bonchev–Trinajstić information content (AvgIpc) is 3.20. The minimum atomic E-state index is -0.773. The molecule has 1 aromatic carbocycles. The topological polar surface area (TPSA) is 89.3 Å². The minimum absolute atomic E-state index is 0.0352. The van der Waals surface area contributed by atoms with Gasteiger partial charge in [-0.25, -0.2) is 0 Å². The first-order valence-electron chi connectivity index (χ1n) is 10.8. The van der Waals surface area contributed by atoms with E-state index < -0.39 is 12.2 Å². The molecule has 3 aliphatic carbocycles. The average molecular weight is 451 g/mol. The summed E-state index contributed by atoms with van der Waals surface area (Å²) in [5.41, 5.74) is 3.41.